The van der Waals surface area contributed by atoms with Gasteiger partial charge in [0.25, 0.3) is 0 Å². The number of aliphatic hydroxyl groups is 1. The molecule has 1 heterocycles. The number of carbonyl (C=O) groups excluding carboxylic acids is 1. The first-order valence-corrected chi connectivity index (χ1v) is 5.87. The van der Waals surface area contributed by atoms with Crippen LogP contribution in [0.1, 0.15) is 33.0 Å². The zero-order valence-electron chi connectivity index (χ0n) is 10.5. The fraction of sp³-hybridized carbons (Fsp3) is 0.615. The summed E-state index contributed by atoms with van der Waals surface area (Å²) >= 11 is 0. The first-order valence-electron chi connectivity index (χ1n) is 5.87. The first kappa shape index (κ1) is 12.2. The highest BCUT2D eigenvalue weighted by atomic mass is 16.4. The van der Waals surface area contributed by atoms with Gasteiger partial charge in [-0.1, -0.05) is 13.8 Å². The van der Waals surface area contributed by atoms with Crippen molar-refractivity contribution in [1.29, 1.82) is 0 Å². The van der Waals surface area contributed by atoms with Crippen LogP contribution in [0.4, 0.5) is 0 Å². The van der Waals surface area contributed by atoms with Crippen molar-refractivity contribution in [1.82, 2.24) is 5.32 Å². The second kappa shape index (κ2) is 3.88. The molecule has 1 aliphatic carbocycles. The van der Waals surface area contributed by atoms with Crippen molar-refractivity contribution in [3.63, 3.8) is 0 Å². The van der Waals surface area contributed by atoms with Crippen molar-refractivity contribution in [2.24, 2.45) is 11.3 Å². The van der Waals surface area contributed by atoms with Crippen molar-refractivity contribution < 1.29 is 14.3 Å². The third-order valence-electron chi connectivity index (χ3n) is 3.49. The van der Waals surface area contributed by atoms with Gasteiger partial charge in [-0.25, -0.2) is 0 Å². The van der Waals surface area contributed by atoms with E-state index in [4.69, 9.17) is 4.42 Å². The monoisotopic (exact) mass is 237 g/mol. The maximum absolute atomic E-state index is 11.8. The Morgan fingerprint density at radius 1 is 1.71 bits per heavy atom. The lowest BCUT2D eigenvalue weighted by Crippen LogP contribution is -2.39. The zero-order valence-corrected chi connectivity index (χ0v) is 10.5. The van der Waals surface area contributed by atoms with Crippen LogP contribution in [-0.4, -0.2) is 17.6 Å². The van der Waals surface area contributed by atoms with E-state index in [9.17, 15) is 9.90 Å². The van der Waals surface area contributed by atoms with Crippen molar-refractivity contribution in [2.75, 3.05) is 6.54 Å². The second-order valence-corrected chi connectivity index (χ2v) is 5.71. The highest BCUT2D eigenvalue weighted by molar-refractivity contribution is 5.82. The Labute approximate surface area is 101 Å². The molecule has 0 aliphatic heterocycles. The number of amides is 1. The summed E-state index contributed by atoms with van der Waals surface area (Å²) in [5, 5.41) is 12.9. The van der Waals surface area contributed by atoms with Gasteiger partial charge in [0.05, 0.1) is 12.8 Å². The minimum absolute atomic E-state index is 0.0156. The molecular formula is C13H19NO3. The van der Waals surface area contributed by atoms with Gasteiger partial charge in [0.15, 0.2) is 0 Å². The van der Waals surface area contributed by atoms with Crippen LogP contribution in [0.15, 0.2) is 22.8 Å². The molecule has 1 aromatic rings. The molecule has 4 nitrogen and oxygen atoms in total. The average molecular weight is 237 g/mol. The second-order valence-electron chi connectivity index (χ2n) is 5.71. The number of hydrogen-bond donors (Lipinski definition) is 2. The first-order chi connectivity index (χ1) is 7.83. The summed E-state index contributed by atoms with van der Waals surface area (Å²) < 4.78 is 5.15. The smallest absolute Gasteiger partial charge is 0.223 e. The van der Waals surface area contributed by atoms with Crippen LogP contribution < -0.4 is 5.32 Å². The van der Waals surface area contributed by atoms with Crippen LogP contribution in [0.2, 0.25) is 0 Å². The van der Waals surface area contributed by atoms with Crippen LogP contribution in [-0.2, 0) is 10.4 Å². The molecule has 4 heteroatoms. The Balaban J connectivity index is 1.88. The quantitative estimate of drug-likeness (QED) is 0.837. The summed E-state index contributed by atoms with van der Waals surface area (Å²) in [5.74, 6) is 0.560. The maximum atomic E-state index is 11.8. The molecule has 0 aromatic carbocycles. The van der Waals surface area contributed by atoms with Crippen LogP contribution >= 0.6 is 0 Å². The lowest BCUT2D eigenvalue weighted by molar-refractivity contribution is -0.124. The number of carbonyl (C=O) groups is 1. The molecule has 2 N–H and O–H groups in total. The van der Waals surface area contributed by atoms with E-state index in [1.165, 1.54) is 6.26 Å². The van der Waals surface area contributed by atoms with Crippen LogP contribution in [0, 0.1) is 11.3 Å². The molecule has 0 spiro atoms. The summed E-state index contributed by atoms with van der Waals surface area (Å²) in [5.41, 5.74) is -1.04. The van der Waals surface area contributed by atoms with E-state index in [0.717, 1.165) is 6.42 Å². The summed E-state index contributed by atoms with van der Waals surface area (Å²) in [6.07, 6.45) is 2.43. The Kier molecular flexibility index (Phi) is 2.78. The summed E-state index contributed by atoms with van der Waals surface area (Å²) in [4.78, 5) is 11.8. The fourth-order valence-corrected chi connectivity index (χ4v) is 1.97. The van der Waals surface area contributed by atoms with E-state index in [1.807, 2.05) is 0 Å². The van der Waals surface area contributed by atoms with Crippen molar-refractivity contribution in [3.8, 4) is 0 Å². The van der Waals surface area contributed by atoms with E-state index in [1.54, 1.807) is 19.1 Å². The Morgan fingerprint density at radius 2 is 2.35 bits per heavy atom. The highest BCUT2D eigenvalue weighted by Gasteiger charge is 2.50. The van der Waals surface area contributed by atoms with Gasteiger partial charge in [-0.2, -0.15) is 0 Å². The van der Waals surface area contributed by atoms with Gasteiger partial charge in [-0.05, 0) is 30.9 Å². The lowest BCUT2D eigenvalue weighted by Gasteiger charge is -2.21. The zero-order chi connectivity index (χ0) is 12.7. The van der Waals surface area contributed by atoms with E-state index < -0.39 is 5.60 Å². The molecule has 2 atom stereocenters. The van der Waals surface area contributed by atoms with Crippen molar-refractivity contribution in [2.45, 2.75) is 32.8 Å². The Morgan fingerprint density at radius 3 is 2.82 bits per heavy atom. The molecule has 1 saturated carbocycles. The van der Waals surface area contributed by atoms with Crippen LogP contribution in [0.5, 0.6) is 0 Å². The average Bonchev–Trinajstić information content (AvgIpc) is 2.73. The predicted octanol–water partition coefficient (Wildman–Crippen LogP) is 1.65. The molecule has 1 aliphatic rings. The number of rotatable bonds is 4. The van der Waals surface area contributed by atoms with E-state index >= 15 is 0 Å². The number of nitrogens with one attached hydrogen (secondary N) is 1. The Hall–Kier alpha value is -1.29. The van der Waals surface area contributed by atoms with Crippen molar-refractivity contribution in [3.05, 3.63) is 24.2 Å². The SMILES string of the molecule is CC(O)(CNC(=O)C1CC1(C)C)c1ccco1. The molecule has 0 bridgehead atoms. The lowest BCUT2D eigenvalue weighted by atomic mass is 10.0. The van der Waals surface area contributed by atoms with Gasteiger partial charge in [0.1, 0.15) is 11.4 Å². The van der Waals surface area contributed by atoms with Gasteiger partial charge in [0, 0.05) is 5.92 Å². The van der Waals surface area contributed by atoms with Gasteiger partial charge in [-0.3, -0.25) is 4.79 Å². The van der Waals surface area contributed by atoms with Crippen LogP contribution in [0.25, 0.3) is 0 Å². The molecule has 17 heavy (non-hydrogen) atoms. The number of hydrogen-bond acceptors (Lipinski definition) is 3. The van der Waals surface area contributed by atoms with E-state index in [2.05, 4.69) is 19.2 Å². The van der Waals surface area contributed by atoms with E-state index in [-0.39, 0.29) is 23.8 Å². The van der Waals surface area contributed by atoms with Crippen molar-refractivity contribution >= 4 is 5.91 Å². The highest BCUT2D eigenvalue weighted by Crippen LogP contribution is 2.51. The van der Waals surface area contributed by atoms with Crippen LogP contribution in [0.3, 0.4) is 0 Å². The minimum atomic E-state index is -1.15. The molecule has 2 unspecified atom stereocenters. The molecule has 1 aromatic heterocycles. The third-order valence-corrected chi connectivity index (χ3v) is 3.49. The maximum Gasteiger partial charge on any atom is 0.223 e. The normalized spacial score (nSPS) is 25.1. The topological polar surface area (TPSA) is 62.5 Å². The van der Waals surface area contributed by atoms with E-state index in [0.29, 0.717) is 5.76 Å². The molecule has 0 radical (unpaired) electrons. The summed E-state index contributed by atoms with van der Waals surface area (Å²) in [6.45, 7) is 5.94. The number of furan rings is 1. The van der Waals surface area contributed by atoms with Gasteiger partial charge < -0.3 is 14.8 Å². The molecule has 2 rings (SSSR count). The Bertz CT molecular complexity index is 406. The molecule has 94 valence electrons. The minimum Gasteiger partial charge on any atom is -0.466 e. The molecule has 0 saturated heterocycles. The summed E-state index contributed by atoms with van der Waals surface area (Å²) in [7, 11) is 0. The molecule has 1 amide bonds. The molecular weight excluding hydrogens is 218 g/mol. The van der Waals surface area contributed by atoms with Gasteiger partial charge >= 0.3 is 0 Å². The van der Waals surface area contributed by atoms with Gasteiger partial charge in [0.2, 0.25) is 5.91 Å². The largest absolute Gasteiger partial charge is 0.466 e. The fourth-order valence-electron chi connectivity index (χ4n) is 1.97. The van der Waals surface area contributed by atoms with Gasteiger partial charge in [-0.15, -0.1) is 0 Å². The third kappa shape index (κ3) is 2.52. The molecule has 1 fully saturated rings. The standard InChI is InChI=1S/C13H19NO3/c1-12(2)7-9(12)11(15)14-8-13(3,16)10-5-4-6-17-10/h4-6,9,16H,7-8H2,1-3H3,(H,14,15). The summed E-state index contributed by atoms with van der Waals surface area (Å²) in [6, 6.07) is 3.42. The predicted molar refractivity (Wildman–Crippen MR) is 63.2 cm³/mol.